The topological polar surface area (TPSA) is 109 Å². The summed E-state index contributed by atoms with van der Waals surface area (Å²) in [5.41, 5.74) is 2.73. The van der Waals surface area contributed by atoms with E-state index in [0.717, 1.165) is 11.8 Å². The lowest BCUT2D eigenvalue weighted by molar-refractivity contribution is -0.148. The fourth-order valence-corrected chi connectivity index (χ4v) is 5.41. The molecule has 5 rings (SSSR count). The van der Waals surface area contributed by atoms with E-state index < -0.39 is 24.4 Å². The molecule has 13 heteroatoms. The number of hydrogen-bond donors (Lipinski definition) is 2. The van der Waals surface area contributed by atoms with Gasteiger partial charge in [0.2, 0.25) is 0 Å². The Hall–Kier alpha value is -4.26. The lowest BCUT2D eigenvalue weighted by Gasteiger charge is -2.32. The number of para-hydroxylation sites is 1. The van der Waals surface area contributed by atoms with E-state index in [1.807, 2.05) is 13.0 Å². The fraction of sp³-hybridized carbons (Fsp3) is 0.400. The first kappa shape index (κ1) is 30.2. The molecule has 1 unspecified atom stereocenters. The van der Waals surface area contributed by atoms with Crippen molar-refractivity contribution in [3.63, 3.8) is 0 Å². The van der Waals surface area contributed by atoms with E-state index in [1.165, 1.54) is 18.3 Å². The number of nitrogens with one attached hydrogen (secondary N) is 2. The maximum atomic E-state index is 14.4. The first-order chi connectivity index (χ1) is 20.6. The van der Waals surface area contributed by atoms with Crippen LogP contribution in [0.1, 0.15) is 47.4 Å². The van der Waals surface area contributed by atoms with Crippen LogP contribution >= 0.6 is 0 Å². The Labute approximate surface area is 246 Å². The van der Waals surface area contributed by atoms with E-state index in [0.29, 0.717) is 72.7 Å². The molecule has 1 aromatic carbocycles. The molecule has 43 heavy (non-hydrogen) atoms. The number of anilines is 1. The van der Waals surface area contributed by atoms with Gasteiger partial charge in [0.05, 0.1) is 29.5 Å². The zero-order valence-electron chi connectivity index (χ0n) is 23.8. The highest BCUT2D eigenvalue weighted by Crippen LogP contribution is 2.29. The molecule has 0 saturated carbocycles. The highest BCUT2D eigenvalue weighted by molar-refractivity contribution is 6.06. The zero-order chi connectivity index (χ0) is 30.6. The van der Waals surface area contributed by atoms with Crippen molar-refractivity contribution in [2.24, 2.45) is 5.92 Å². The minimum absolute atomic E-state index is 0.0329. The molecule has 1 aliphatic heterocycles. The number of halogens is 4. The number of likely N-dealkylation sites (tertiary alicyclic amines) is 1. The smallest absolute Gasteiger partial charge is 0.369 e. The number of pyridine rings is 1. The van der Waals surface area contributed by atoms with E-state index in [-0.39, 0.29) is 17.4 Å². The maximum Gasteiger partial charge on any atom is 0.401 e. The summed E-state index contributed by atoms with van der Waals surface area (Å²) in [7, 11) is 1.46. The van der Waals surface area contributed by atoms with Gasteiger partial charge in [-0.25, -0.2) is 24.3 Å². The van der Waals surface area contributed by atoms with Crippen LogP contribution < -0.4 is 10.6 Å². The predicted molar refractivity (Wildman–Crippen MR) is 154 cm³/mol. The molecule has 0 spiro atoms. The molecule has 1 aliphatic rings. The SMILES string of the molecule is CNC(=O)c1c(F)cnc2c(C(C)CNc3cc(-c4cnc(CC5CCN(CC(F)(F)F)CC5)nc4)ncn3)cccc12. The molecule has 0 radical (unpaired) electrons. The number of piperidine rings is 1. The molecule has 1 atom stereocenters. The van der Waals surface area contributed by atoms with Gasteiger partial charge in [-0.1, -0.05) is 25.1 Å². The third-order valence-corrected chi connectivity index (χ3v) is 7.71. The minimum Gasteiger partial charge on any atom is -0.369 e. The number of alkyl halides is 3. The van der Waals surface area contributed by atoms with Crippen molar-refractivity contribution in [3.05, 3.63) is 72.0 Å². The molecule has 3 aromatic heterocycles. The summed E-state index contributed by atoms with van der Waals surface area (Å²) in [5.74, 6) is 0.257. The summed E-state index contributed by atoms with van der Waals surface area (Å²) >= 11 is 0. The summed E-state index contributed by atoms with van der Waals surface area (Å²) in [6.07, 6.45) is 3.72. The summed E-state index contributed by atoms with van der Waals surface area (Å²) in [5, 5.41) is 6.24. The van der Waals surface area contributed by atoms with Crippen molar-refractivity contribution in [3.8, 4) is 11.3 Å². The van der Waals surface area contributed by atoms with Gasteiger partial charge in [-0.15, -0.1) is 0 Å². The van der Waals surface area contributed by atoms with Crippen LogP contribution in [-0.4, -0.2) is 75.1 Å². The van der Waals surface area contributed by atoms with Gasteiger partial charge in [-0.3, -0.25) is 14.7 Å². The monoisotopic (exact) mass is 596 g/mol. The van der Waals surface area contributed by atoms with Crippen molar-refractivity contribution in [1.29, 1.82) is 0 Å². The first-order valence-electron chi connectivity index (χ1n) is 14.1. The molecule has 1 saturated heterocycles. The van der Waals surface area contributed by atoms with Gasteiger partial charge >= 0.3 is 6.18 Å². The normalized spacial score (nSPS) is 15.4. The number of aromatic nitrogens is 5. The molecule has 1 amide bonds. The van der Waals surface area contributed by atoms with Crippen molar-refractivity contribution in [1.82, 2.24) is 35.1 Å². The third kappa shape index (κ3) is 7.39. The van der Waals surface area contributed by atoms with Gasteiger partial charge in [0, 0.05) is 55.3 Å². The Morgan fingerprint density at radius 2 is 1.81 bits per heavy atom. The average molecular weight is 597 g/mol. The lowest BCUT2D eigenvalue weighted by Crippen LogP contribution is -2.40. The number of carbonyl (C=O) groups is 1. The summed E-state index contributed by atoms with van der Waals surface area (Å²) in [6.45, 7) is 2.47. The maximum absolute atomic E-state index is 14.4. The molecule has 1 fully saturated rings. The quantitative estimate of drug-likeness (QED) is 0.260. The third-order valence-electron chi connectivity index (χ3n) is 7.71. The van der Waals surface area contributed by atoms with Crippen LogP contribution in [0.3, 0.4) is 0 Å². The molecular weight excluding hydrogens is 564 g/mol. The number of nitrogens with zero attached hydrogens (tertiary/aromatic N) is 6. The van der Waals surface area contributed by atoms with E-state index in [4.69, 9.17) is 0 Å². The van der Waals surface area contributed by atoms with Crippen LogP contribution in [0.25, 0.3) is 22.2 Å². The van der Waals surface area contributed by atoms with Gasteiger partial charge in [0.15, 0.2) is 5.82 Å². The lowest BCUT2D eigenvalue weighted by atomic mass is 9.93. The number of benzene rings is 1. The Balaban J connectivity index is 1.21. The van der Waals surface area contributed by atoms with Gasteiger partial charge in [0.25, 0.3) is 5.91 Å². The standard InChI is InChI=1S/C30H32F4N8O/c1-18(21-4-3-5-22-27(29(43)35-2)23(31)15-39-28(21)22)12-36-26-11-24(40-17-41-26)20-13-37-25(38-14-20)10-19-6-8-42(9-7-19)16-30(32,33)34/h3-5,11,13-15,17-19H,6-10,12,16H2,1-2H3,(H,35,43)(H,36,40,41). The summed E-state index contributed by atoms with van der Waals surface area (Å²) in [4.78, 5) is 35.7. The highest BCUT2D eigenvalue weighted by Gasteiger charge is 2.32. The van der Waals surface area contributed by atoms with Crippen molar-refractivity contribution in [2.45, 2.75) is 38.3 Å². The molecular formula is C30H32F4N8O. The number of fused-ring (bicyclic) bond motifs is 1. The number of rotatable bonds is 9. The second-order valence-corrected chi connectivity index (χ2v) is 10.8. The van der Waals surface area contributed by atoms with Crippen LogP contribution in [-0.2, 0) is 6.42 Å². The summed E-state index contributed by atoms with van der Waals surface area (Å²) in [6, 6.07) is 7.17. The number of hydrogen-bond acceptors (Lipinski definition) is 8. The number of amides is 1. The van der Waals surface area contributed by atoms with Gasteiger partial charge in [0.1, 0.15) is 18.0 Å². The van der Waals surface area contributed by atoms with E-state index in [1.54, 1.807) is 30.6 Å². The van der Waals surface area contributed by atoms with Crippen LogP contribution in [0.5, 0.6) is 0 Å². The predicted octanol–water partition coefficient (Wildman–Crippen LogP) is 5.01. The van der Waals surface area contributed by atoms with E-state index >= 15 is 0 Å². The molecule has 4 aromatic rings. The van der Waals surface area contributed by atoms with Crippen molar-refractivity contribution < 1.29 is 22.4 Å². The Bertz CT molecular complexity index is 1570. The van der Waals surface area contributed by atoms with Crippen LogP contribution in [0.2, 0.25) is 0 Å². The van der Waals surface area contributed by atoms with Gasteiger partial charge in [-0.05, 0) is 37.4 Å². The minimum atomic E-state index is -4.17. The molecule has 4 heterocycles. The molecule has 226 valence electrons. The van der Waals surface area contributed by atoms with Crippen LogP contribution in [0, 0.1) is 11.7 Å². The Morgan fingerprint density at radius 3 is 2.51 bits per heavy atom. The second-order valence-electron chi connectivity index (χ2n) is 10.8. The summed E-state index contributed by atoms with van der Waals surface area (Å²) < 4.78 is 52.4. The van der Waals surface area contributed by atoms with E-state index in [2.05, 4.69) is 35.6 Å². The second kappa shape index (κ2) is 12.9. The molecule has 0 bridgehead atoms. The van der Waals surface area contributed by atoms with E-state index in [9.17, 15) is 22.4 Å². The van der Waals surface area contributed by atoms with Crippen LogP contribution in [0.15, 0.2) is 49.2 Å². The van der Waals surface area contributed by atoms with Gasteiger partial charge in [-0.2, -0.15) is 13.2 Å². The van der Waals surface area contributed by atoms with Crippen molar-refractivity contribution >= 4 is 22.6 Å². The number of carbonyl (C=O) groups excluding carboxylic acids is 1. The van der Waals surface area contributed by atoms with Crippen molar-refractivity contribution in [2.75, 3.05) is 38.5 Å². The van der Waals surface area contributed by atoms with Crippen LogP contribution in [0.4, 0.5) is 23.4 Å². The fourth-order valence-electron chi connectivity index (χ4n) is 5.41. The first-order valence-corrected chi connectivity index (χ1v) is 14.1. The zero-order valence-corrected chi connectivity index (χ0v) is 23.8. The Kier molecular flexibility index (Phi) is 9.09. The Morgan fingerprint density at radius 1 is 1.07 bits per heavy atom. The average Bonchev–Trinajstić information content (AvgIpc) is 3.00. The van der Waals surface area contributed by atoms with Gasteiger partial charge < -0.3 is 10.6 Å². The molecule has 0 aliphatic carbocycles. The molecule has 9 nitrogen and oxygen atoms in total. The highest BCUT2D eigenvalue weighted by atomic mass is 19.4. The molecule has 2 N–H and O–H groups in total. The largest absolute Gasteiger partial charge is 0.401 e.